The fourth-order valence-corrected chi connectivity index (χ4v) is 2.13. The molecule has 0 radical (unpaired) electrons. The molecule has 2 aromatic rings. The summed E-state index contributed by atoms with van der Waals surface area (Å²) in [6, 6.07) is 6.02. The van der Waals surface area contributed by atoms with Crippen LogP contribution < -0.4 is 4.74 Å². The summed E-state index contributed by atoms with van der Waals surface area (Å²) in [6.45, 7) is 1.54. The molecule has 1 aromatic carbocycles. The normalized spacial score (nSPS) is 13.7. The summed E-state index contributed by atoms with van der Waals surface area (Å²) in [6.07, 6.45) is 3.81. The molecule has 0 N–H and O–H groups in total. The van der Waals surface area contributed by atoms with Crippen LogP contribution in [0.1, 0.15) is 0 Å². The van der Waals surface area contributed by atoms with Crippen LogP contribution in [0, 0.1) is 0 Å². The molecule has 0 amide bonds. The van der Waals surface area contributed by atoms with E-state index in [-0.39, 0.29) is 0 Å². The molecule has 0 atom stereocenters. The van der Waals surface area contributed by atoms with E-state index in [1.165, 1.54) is 0 Å². The van der Waals surface area contributed by atoms with Crippen LogP contribution >= 0.6 is 15.9 Å². The van der Waals surface area contributed by atoms with Gasteiger partial charge < -0.3 is 9.30 Å². The van der Waals surface area contributed by atoms with Gasteiger partial charge in [0, 0.05) is 16.9 Å². The molecule has 0 saturated carbocycles. The molecule has 0 saturated heterocycles. The Labute approximate surface area is 95.8 Å². The summed E-state index contributed by atoms with van der Waals surface area (Å²) >= 11 is 3.44. The summed E-state index contributed by atoms with van der Waals surface area (Å²) in [5.41, 5.74) is 1.06. The Kier molecular flexibility index (Phi) is 2.02. The predicted molar refractivity (Wildman–Crippen MR) is 60.9 cm³/mol. The number of fused-ring (bicyclic) bond motifs is 3. The van der Waals surface area contributed by atoms with Crippen molar-refractivity contribution in [1.29, 1.82) is 0 Å². The number of benzene rings is 1. The second-order valence-electron chi connectivity index (χ2n) is 3.43. The van der Waals surface area contributed by atoms with Crippen molar-refractivity contribution in [3.05, 3.63) is 35.1 Å². The van der Waals surface area contributed by atoms with Crippen molar-refractivity contribution in [2.24, 2.45) is 0 Å². The lowest BCUT2D eigenvalue weighted by molar-refractivity contribution is 0.306. The molecule has 0 spiro atoms. The van der Waals surface area contributed by atoms with Crippen molar-refractivity contribution in [2.75, 3.05) is 6.61 Å². The highest BCUT2D eigenvalue weighted by atomic mass is 79.9. The van der Waals surface area contributed by atoms with Gasteiger partial charge in [-0.25, -0.2) is 4.98 Å². The molecule has 1 aliphatic rings. The number of rotatable bonds is 0. The van der Waals surface area contributed by atoms with E-state index in [1.807, 2.05) is 30.6 Å². The molecule has 2 heterocycles. The molecular formula is C11H9BrN2O. The highest BCUT2D eigenvalue weighted by Gasteiger charge is 2.15. The maximum Gasteiger partial charge on any atom is 0.143 e. The Morgan fingerprint density at radius 3 is 3.33 bits per heavy atom. The number of halogens is 1. The van der Waals surface area contributed by atoms with Gasteiger partial charge in [0.05, 0.1) is 12.1 Å². The third-order valence-electron chi connectivity index (χ3n) is 2.49. The first-order valence-electron chi connectivity index (χ1n) is 4.78. The molecule has 0 fully saturated rings. The molecule has 0 bridgehead atoms. The Balaban J connectivity index is 2.25. The quantitative estimate of drug-likeness (QED) is 0.733. The highest BCUT2D eigenvalue weighted by molar-refractivity contribution is 9.10. The van der Waals surface area contributed by atoms with Crippen LogP contribution in [0.5, 0.6) is 5.75 Å². The van der Waals surface area contributed by atoms with Crippen molar-refractivity contribution >= 4 is 15.9 Å². The van der Waals surface area contributed by atoms with Crippen LogP contribution in [0.15, 0.2) is 35.1 Å². The largest absolute Gasteiger partial charge is 0.491 e. The Morgan fingerprint density at radius 2 is 2.40 bits per heavy atom. The summed E-state index contributed by atoms with van der Waals surface area (Å²) in [5, 5.41) is 0. The average Bonchev–Trinajstić information content (AvgIpc) is 2.61. The molecule has 3 nitrogen and oxygen atoms in total. The van der Waals surface area contributed by atoms with Gasteiger partial charge in [-0.15, -0.1) is 0 Å². The fourth-order valence-electron chi connectivity index (χ4n) is 1.79. The van der Waals surface area contributed by atoms with E-state index < -0.39 is 0 Å². The van der Waals surface area contributed by atoms with E-state index in [0.717, 1.165) is 28.2 Å². The molecule has 0 unspecified atom stereocenters. The second kappa shape index (κ2) is 3.38. The predicted octanol–water partition coefficient (Wildman–Crippen LogP) is 2.71. The minimum atomic E-state index is 0.687. The van der Waals surface area contributed by atoms with E-state index in [2.05, 4.69) is 25.5 Å². The third-order valence-corrected chi connectivity index (χ3v) is 2.98. The van der Waals surface area contributed by atoms with Crippen LogP contribution in [0.3, 0.4) is 0 Å². The van der Waals surface area contributed by atoms with Gasteiger partial charge >= 0.3 is 0 Å². The van der Waals surface area contributed by atoms with Gasteiger partial charge in [0.2, 0.25) is 0 Å². The maximum atomic E-state index is 5.68. The Bertz CT molecular complexity index is 507. The van der Waals surface area contributed by atoms with Crippen molar-refractivity contribution in [1.82, 2.24) is 9.55 Å². The van der Waals surface area contributed by atoms with Crippen molar-refractivity contribution in [3.63, 3.8) is 0 Å². The van der Waals surface area contributed by atoms with Gasteiger partial charge in [-0.05, 0) is 18.2 Å². The number of nitrogens with zero attached hydrogens (tertiary/aromatic N) is 2. The fraction of sp³-hybridized carbons (Fsp3) is 0.182. The van der Waals surface area contributed by atoms with Gasteiger partial charge in [-0.3, -0.25) is 0 Å². The zero-order valence-electron chi connectivity index (χ0n) is 7.98. The van der Waals surface area contributed by atoms with E-state index in [0.29, 0.717) is 6.61 Å². The topological polar surface area (TPSA) is 27.1 Å². The minimum absolute atomic E-state index is 0.687. The summed E-state index contributed by atoms with van der Waals surface area (Å²) in [4.78, 5) is 4.36. The van der Waals surface area contributed by atoms with Crippen LogP contribution in [0.4, 0.5) is 0 Å². The number of aromatic nitrogens is 2. The molecule has 1 aliphatic heterocycles. The lowest BCUT2D eigenvalue weighted by atomic mass is 10.3. The SMILES string of the molecule is Brc1ccc2c(c1)OCCn1ccn[14c]1-2. The molecule has 15 heavy (non-hydrogen) atoms. The first-order valence-corrected chi connectivity index (χ1v) is 5.58. The summed E-state index contributed by atoms with van der Waals surface area (Å²) < 4.78 is 8.82. The van der Waals surface area contributed by atoms with Gasteiger partial charge in [0.1, 0.15) is 18.2 Å². The maximum absolute atomic E-state index is 5.68. The van der Waals surface area contributed by atoms with Crippen molar-refractivity contribution in [2.45, 2.75) is 6.54 Å². The van der Waals surface area contributed by atoms with Gasteiger partial charge in [-0.1, -0.05) is 15.9 Å². The molecule has 1 aromatic heterocycles. The lowest BCUT2D eigenvalue weighted by Gasteiger charge is -2.05. The standard InChI is InChI=1S/C11H9BrN2O/c12-8-1-2-9-10(7-8)15-6-5-14-4-3-13-11(9)14/h1-4,7H,5-6H2/i11+2. The average molecular weight is 267 g/mol. The highest BCUT2D eigenvalue weighted by Crippen LogP contribution is 2.33. The number of imidazole rings is 1. The summed E-state index contributed by atoms with van der Waals surface area (Å²) in [5.74, 6) is 1.88. The Morgan fingerprint density at radius 1 is 1.47 bits per heavy atom. The smallest absolute Gasteiger partial charge is 0.143 e. The summed E-state index contributed by atoms with van der Waals surface area (Å²) in [7, 11) is 0. The van der Waals surface area contributed by atoms with E-state index >= 15 is 0 Å². The van der Waals surface area contributed by atoms with Gasteiger partial charge in [-0.2, -0.15) is 0 Å². The first-order chi connectivity index (χ1) is 7.34. The van der Waals surface area contributed by atoms with Gasteiger partial charge in [0.15, 0.2) is 0 Å². The monoisotopic (exact) mass is 266 g/mol. The molecule has 4 heteroatoms. The third kappa shape index (κ3) is 1.45. The first kappa shape index (κ1) is 8.97. The van der Waals surface area contributed by atoms with Crippen LogP contribution in [-0.2, 0) is 6.54 Å². The van der Waals surface area contributed by atoms with Crippen molar-refractivity contribution < 1.29 is 4.74 Å². The van der Waals surface area contributed by atoms with Crippen LogP contribution in [0.2, 0.25) is 0 Å². The van der Waals surface area contributed by atoms with Crippen LogP contribution in [0.25, 0.3) is 11.4 Å². The van der Waals surface area contributed by atoms with E-state index in [1.54, 1.807) is 0 Å². The number of ether oxygens (including phenoxy) is 1. The zero-order valence-corrected chi connectivity index (χ0v) is 9.57. The van der Waals surface area contributed by atoms with Crippen molar-refractivity contribution in [3.8, 4) is 17.1 Å². The van der Waals surface area contributed by atoms with E-state index in [9.17, 15) is 0 Å². The molecule has 0 aliphatic carbocycles. The molecule has 76 valence electrons. The Hall–Kier alpha value is -1.29. The zero-order chi connectivity index (χ0) is 10.3. The second-order valence-corrected chi connectivity index (χ2v) is 4.35. The van der Waals surface area contributed by atoms with Gasteiger partial charge in [0.25, 0.3) is 0 Å². The lowest BCUT2D eigenvalue weighted by Crippen LogP contribution is -2.04. The van der Waals surface area contributed by atoms with E-state index in [4.69, 9.17) is 4.74 Å². The number of hydrogen-bond donors (Lipinski definition) is 0. The minimum Gasteiger partial charge on any atom is -0.491 e. The molecular weight excluding hydrogens is 258 g/mol. The molecule has 3 rings (SSSR count). The number of hydrogen-bond acceptors (Lipinski definition) is 2. The van der Waals surface area contributed by atoms with Crippen LogP contribution in [-0.4, -0.2) is 16.2 Å².